The van der Waals surface area contributed by atoms with E-state index in [-0.39, 0.29) is 11.6 Å². The van der Waals surface area contributed by atoms with Crippen molar-refractivity contribution in [1.29, 1.82) is 0 Å². The molecule has 0 spiro atoms. The number of methoxy groups -OCH3 is 1. The van der Waals surface area contributed by atoms with Gasteiger partial charge in [0.25, 0.3) is 0 Å². The highest BCUT2D eigenvalue weighted by Gasteiger charge is 2.45. The van der Waals surface area contributed by atoms with Gasteiger partial charge in [0.15, 0.2) is 0 Å². The summed E-state index contributed by atoms with van der Waals surface area (Å²) in [6, 6.07) is 11.4. The molecule has 1 saturated carbocycles. The summed E-state index contributed by atoms with van der Waals surface area (Å²) in [5.41, 5.74) is 3.47. The zero-order valence-corrected chi connectivity index (χ0v) is 14.8. The summed E-state index contributed by atoms with van der Waals surface area (Å²) in [5.74, 6) is 0.807. The minimum atomic E-state index is -0.290. The summed E-state index contributed by atoms with van der Waals surface area (Å²) in [7, 11) is 1.64. The van der Waals surface area contributed by atoms with E-state index in [1.165, 1.54) is 0 Å². The average Bonchev–Trinajstić information content (AvgIpc) is 3.31. The molecule has 0 saturated heterocycles. The van der Waals surface area contributed by atoms with Gasteiger partial charge >= 0.3 is 6.03 Å². The molecule has 4 nitrogen and oxygen atoms in total. The molecule has 2 amide bonds. The Morgan fingerprint density at radius 2 is 1.83 bits per heavy atom. The van der Waals surface area contributed by atoms with Crippen LogP contribution in [0, 0.1) is 13.8 Å². The number of halogens is 1. The standard InChI is InChI=1S/C19H21ClN2O2/c1-12-10-13(2)17(16(20)11-12)21-18(23)22-19(8-9-19)14-4-6-15(24-3)7-5-14/h4-7,10-11H,8-9H2,1-3H3,(H2,21,22,23). The first-order chi connectivity index (χ1) is 11.4. The minimum absolute atomic E-state index is 0.239. The lowest BCUT2D eigenvalue weighted by molar-refractivity contribution is 0.247. The van der Waals surface area contributed by atoms with E-state index in [2.05, 4.69) is 10.6 Å². The number of hydrogen-bond donors (Lipinski definition) is 2. The second-order valence-corrected chi connectivity index (χ2v) is 6.74. The van der Waals surface area contributed by atoms with Gasteiger partial charge in [0.2, 0.25) is 0 Å². The molecule has 0 bridgehead atoms. The van der Waals surface area contributed by atoms with Gasteiger partial charge in [-0.3, -0.25) is 0 Å². The summed E-state index contributed by atoms with van der Waals surface area (Å²) in [6.45, 7) is 3.91. The van der Waals surface area contributed by atoms with Crippen LogP contribution >= 0.6 is 11.6 Å². The number of benzene rings is 2. The quantitative estimate of drug-likeness (QED) is 0.838. The summed E-state index contributed by atoms with van der Waals surface area (Å²) in [4.78, 5) is 12.4. The molecule has 2 N–H and O–H groups in total. The van der Waals surface area contributed by atoms with Crippen molar-refractivity contribution in [2.45, 2.75) is 32.2 Å². The van der Waals surface area contributed by atoms with Crippen LogP contribution in [0.3, 0.4) is 0 Å². The molecule has 2 aromatic rings. The predicted molar refractivity (Wildman–Crippen MR) is 97.0 cm³/mol. The fourth-order valence-corrected chi connectivity index (χ4v) is 3.33. The number of rotatable bonds is 4. The molecule has 5 heteroatoms. The number of hydrogen-bond acceptors (Lipinski definition) is 2. The highest BCUT2D eigenvalue weighted by molar-refractivity contribution is 6.34. The molecule has 0 atom stereocenters. The van der Waals surface area contributed by atoms with E-state index < -0.39 is 0 Å². The van der Waals surface area contributed by atoms with Gasteiger partial charge in [0, 0.05) is 0 Å². The third kappa shape index (κ3) is 3.34. The van der Waals surface area contributed by atoms with E-state index in [0.717, 1.165) is 35.3 Å². The first kappa shape index (κ1) is 16.7. The van der Waals surface area contributed by atoms with Gasteiger partial charge in [0.1, 0.15) is 5.75 Å². The Balaban J connectivity index is 1.73. The number of amides is 2. The molecular formula is C19H21ClN2O2. The lowest BCUT2D eigenvalue weighted by Crippen LogP contribution is -2.38. The molecular weight excluding hydrogens is 324 g/mol. The first-order valence-electron chi connectivity index (χ1n) is 7.94. The van der Waals surface area contributed by atoms with Crippen LogP contribution in [0.5, 0.6) is 5.75 Å². The van der Waals surface area contributed by atoms with Crippen molar-refractivity contribution in [2.75, 3.05) is 12.4 Å². The Hall–Kier alpha value is -2.20. The zero-order chi connectivity index (χ0) is 17.3. The molecule has 0 heterocycles. The Morgan fingerprint density at radius 3 is 2.38 bits per heavy atom. The normalized spacial score (nSPS) is 14.8. The zero-order valence-electron chi connectivity index (χ0n) is 14.1. The molecule has 1 aliphatic carbocycles. The lowest BCUT2D eigenvalue weighted by Gasteiger charge is -2.20. The summed E-state index contributed by atoms with van der Waals surface area (Å²) in [5, 5.41) is 6.53. The van der Waals surface area contributed by atoms with Gasteiger partial charge in [-0.15, -0.1) is 0 Å². The van der Waals surface area contributed by atoms with Gasteiger partial charge in [-0.1, -0.05) is 29.8 Å². The molecule has 1 fully saturated rings. The largest absolute Gasteiger partial charge is 0.497 e. The van der Waals surface area contributed by atoms with E-state index in [0.29, 0.717) is 10.7 Å². The smallest absolute Gasteiger partial charge is 0.319 e. The topological polar surface area (TPSA) is 50.4 Å². The maximum absolute atomic E-state index is 12.4. The van der Waals surface area contributed by atoms with E-state index >= 15 is 0 Å². The molecule has 0 aromatic heterocycles. The third-order valence-corrected chi connectivity index (χ3v) is 4.71. The monoisotopic (exact) mass is 344 g/mol. The van der Waals surface area contributed by atoms with Crippen molar-refractivity contribution in [3.05, 3.63) is 58.1 Å². The van der Waals surface area contributed by atoms with Crippen LogP contribution in [0.4, 0.5) is 10.5 Å². The summed E-state index contributed by atoms with van der Waals surface area (Å²) in [6.07, 6.45) is 1.85. The Labute approximate surface area is 147 Å². The van der Waals surface area contributed by atoms with Crippen LogP contribution in [0.15, 0.2) is 36.4 Å². The number of aryl methyl sites for hydroxylation is 2. The third-order valence-electron chi connectivity index (χ3n) is 4.42. The van der Waals surface area contributed by atoms with E-state index in [4.69, 9.17) is 16.3 Å². The Kier molecular flexibility index (Phi) is 4.41. The van der Waals surface area contributed by atoms with E-state index in [9.17, 15) is 4.79 Å². The molecule has 2 aromatic carbocycles. The number of carbonyl (C=O) groups excluding carboxylic acids is 1. The van der Waals surface area contributed by atoms with Crippen molar-refractivity contribution < 1.29 is 9.53 Å². The number of carbonyl (C=O) groups is 1. The highest BCUT2D eigenvalue weighted by atomic mass is 35.5. The van der Waals surface area contributed by atoms with Gasteiger partial charge < -0.3 is 15.4 Å². The van der Waals surface area contributed by atoms with Crippen molar-refractivity contribution in [3.8, 4) is 5.75 Å². The van der Waals surface area contributed by atoms with Crippen LogP contribution in [-0.4, -0.2) is 13.1 Å². The molecule has 0 radical (unpaired) electrons. The maximum Gasteiger partial charge on any atom is 0.319 e. The van der Waals surface area contributed by atoms with Crippen LogP contribution in [0.2, 0.25) is 5.02 Å². The first-order valence-corrected chi connectivity index (χ1v) is 8.32. The van der Waals surface area contributed by atoms with Crippen molar-refractivity contribution in [1.82, 2.24) is 5.32 Å². The SMILES string of the molecule is COc1ccc(C2(NC(=O)Nc3c(C)cc(C)cc3Cl)CC2)cc1. The summed E-state index contributed by atoms with van der Waals surface area (Å²) >= 11 is 6.26. The lowest BCUT2D eigenvalue weighted by atomic mass is 10.0. The molecule has 0 aliphatic heterocycles. The van der Waals surface area contributed by atoms with Crippen LogP contribution in [-0.2, 0) is 5.54 Å². The maximum atomic E-state index is 12.4. The molecule has 24 heavy (non-hydrogen) atoms. The number of urea groups is 1. The van der Waals surface area contributed by atoms with Gasteiger partial charge in [-0.05, 0) is 61.6 Å². The number of nitrogens with one attached hydrogen (secondary N) is 2. The van der Waals surface area contributed by atoms with Gasteiger partial charge in [0.05, 0.1) is 23.4 Å². The Bertz CT molecular complexity index is 744. The fraction of sp³-hybridized carbons (Fsp3) is 0.316. The average molecular weight is 345 g/mol. The van der Waals surface area contributed by atoms with Gasteiger partial charge in [-0.2, -0.15) is 0 Å². The molecule has 1 aliphatic rings. The van der Waals surface area contributed by atoms with Crippen LogP contribution in [0.25, 0.3) is 0 Å². The van der Waals surface area contributed by atoms with Crippen molar-refractivity contribution in [3.63, 3.8) is 0 Å². The number of ether oxygens (including phenoxy) is 1. The van der Waals surface area contributed by atoms with Crippen molar-refractivity contribution >= 4 is 23.3 Å². The highest BCUT2D eigenvalue weighted by Crippen LogP contribution is 2.46. The van der Waals surface area contributed by atoms with Gasteiger partial charge in [-0.25, -0.2) is 4.79 Å². The van der Waals surface area contributed by atoms with E-state index in [1.54, 1.807) is 7.11 Å². The minimum Gasteiger partial charge on any atom is -0.497 e. The number of anilines is 1. The molecule has 126 valence electrons. The van der Waals surface area contributed by atoms with Crippen LogP contribution in [0.1, 0.15) is 29.5 Å². The van der Waals surface area contributed by atoms with E-state index in [1.807, 2.05) is 50.2 Å². The Morgan fingerprint density at radius 1 is 1.17 bits per heavy atom. The second kappa shape index (κ2) is 6.36. The second-order valence-electron chi connectivity index (χ2n) is 6.33. The predicted octanol–water partition coefficient (Wildman–Crippen LogP) is 4.78. The fourth-order valence-electron chi connectivity index (χ4n) is 2.96. The van der Waals surface area contributed by atoms with Crippen LogP contribution < -0.4 is 15.4 Å². The molecule has 3 rings (SSSR count). The molecule has 0 unspecified atom stereocenters. The van der Waals surface area contributed by atoms with Crippen molar-refractivity contribution in [2.24, 2.45) is 0 Å². The summed E-state index contributed by atoms with van der Waals surface area (Å²) < 4.78 is 5.18.